The minimum atomic E-state index is -0.664. The van der Waals surface area contributed by atoms with E-state index in [9.17, 15) is 14.4 Å². The summed E-state index contributed by atoms with van der Waals surface area (Å²) >= 11 is 0. The predicted molar refractivity (Wildman–Crippen MR) is 105 cm³/mol. The van der Waals surface area contributed by atoms with Crippen molar-refractivity contribution in [3.63, 3.8) is 0 Å². The van der Waals surface area contributed by atoms with E-state index in [2.05, 4.69) is 10.6 Å². The predicted octanol–water partition coefficient (Wildman–Crippen LogP) is 3.51. The number of benzene rings is 2. The highest BCUT2D eigenvalue weighted by atomic mass is 16.6. The molecule has 0 spiro atoms. The van der Waals surface area contributed by atoms with E-state index in [1.165, 1.54) is 12.1 Å². The van der Waals surface area contributed by atoms with Crippen LogP contribution in [0.4, 0.5) is 10.5 Å². The zero-order valence-electron chi connectivity index (χ0n) is 16.2. The van der Waals surface area contributed by atoms with Crippen LogP contribution in [0.15, 0.2) is 54.6 Å². The van der Waals surface area contributed by atoms with E-state index in [1.54, 1.807) is 32.9 Å². The van der Waals surface area contributed by atoms with Crippen molar-refractivity contribution >= 4 is 23.7 Å². The molecule has 0 unspecified atom stereocenters. The molecule has 28 heavy (non-hydrogen) atoms. The molecule has 0 aliphatic carbocycles. The summed E-state index contributed by atoms with van der Waals surface area (Å²) in [7, 11) is 0. The van der Waals surface area contributed by atoms with Gasteiger partial charge in [-0.15, -0.1) is 0 Å². The Morgan fingerprint density at radius 2 is 1.68 bits per heavy atom. The Morgan fingerprint density at radius 3 is 2.36 bits per heavy atom. The first kappa shape index (κ1) is 21.0. The Balaban J connectivity index is 1.83. The van der Waals surface area contributed by atoms with Crippen LogP contribution in [0.2, 0.25) is 0 Å². The van der Waals surface area contributed by atoms with E-state index >= 15 is 0 Å². The van der Waals surface area contributed by atoms with Crippen LogP contribution in [-0.4, -0.2) is 30.2 Å². The smallest absolute Gasteiger partial charge is 0.412 e. The van der Waals surface area contributed by atoms with Gasteiger partial charge < -0.3 is 14.8 Å². The van der Waals surface area contributed by atoms with Gasteiger partial charge in [-0.25, -0.2) is 9.59 Å². The van der Waals surface area contributed by atoms with E-state index in [0.717, 1.165) is 5.56 Å². The molecule has 0 fully saturated rings. The third kappa shape index (κ3) is 7.49. The molecule has 7 nitrogen and oxygen atoms in total. The fourth-order valence-electron chi connectivity index (χ4n) is 2.21. The molecule has 0 bridgehead atoms. The second-order valence-electron chi connectivity index (χ2n) is 7.05. The van der Waals surface area contributed by atoms with Crippen molar-refractivity contribution in [2.24, 2.45) is 0 Å². The lowest BCUT2D eigenvalue weighted by molar-refractivity contribution is -0.124. The van der Waals surface area contributed by atoms with E-state index in [-0.39, 0.29) is 5.56 Å². The maximum atomic E-state index is 12.1. The molecular formula is C21H24N2O5. The molecule has 148 valence electrons. The first-order valence-corrected chi connectivity index (χ1v) is 8.81. The number of hydrogen-bond donors (Lipinski definition) is 2. The normalized spacial score (nSPS) is 10.7. The Labute approximate surface area is 164 Å². The molecule has 2 aromatic carbocycles. The average Bonchev–Trinajstić information content (AvgIpc) is 2.64. The monoisotopic (exact) mass is 384 g/mol. The summed E-state index contributed by atoms with van der Waals surface area (Å²) in [5, 5.41) is 5.22. The maximum Gasteiger partial charge on any atom is 0.412 e. The number of carbonyl (C=O) groups excluding carboxylic acids is 3. The Kier molecular flexibility index (Phi) is 7.14. The lowest BCUT2D eigenvalue weighted by Crippen LogP contribution is -2.28. The quantitative estimate of drug-likeness (QED) is 0.744. The first-order valence-electron chi connectivity index (χ1n) is 8.81. The van der Waals surface area contributed by atoms with E-state index < -0.39 is 30.2 Å². The van der Waals surface area contributed by atoms with Crippen LogP contribution in [0.3, 0.4) is 0 Å². The topological polar surface area (TPSA) is 93.7 Å². The van der Waals surface area contributed by atoms with Crippen LogP contribution in [0, 0.1) is 0 Å². The summed E-state index contributed by atoms with van der Waals surface area (Å²) in [6.45, 7) is 5.22. The minimum Gasteiger partial charge on any atom is -0.452 e. The zero-order chi connectivity index (χ0) is 20.6. The molecule has 0 saturated heterocycles. The van der Waals surface area contributed by atoms with Gasteiger partial charge in [0, 0.05) is 12.2 Å². The summed E-state index contributed by atoms with van der Waals surface area (Å²) in [4.78, 5) is 35.8. The molecule has 2 rings (SSSR count). The first-order chi connectivity index (χ1) is 13.2. The summed E-state index contributed by atoms with van der Waals surface area (Å²) in [5.41, 5.74) is 0.915. The highest BCUT2D eigenvalue weighted by Crippen LogP contribution is 2.14. The second kappa shape index (κ2) is 9.55. The molecule has 2 N–H and O–H groups in total. The van der Waals surface area contributed by atoms with Gasteiger partial charge in [0.15, 0.2) is 6.61 Å². The van der Waals surface area contributed by atoms with Crippen molar-refractivity contribution < 1.29 is 23.9 Å². The Bertz CT molecular complexity index is 828. The Morgan fingerprint density at radius 1 is 0.964 bits per heavy atom. The highest BCUT2D eigenvalue weighted by molar-refractivity contribution is 5.93. The standard InChI is InChI=1S/C21H24N2O5/c1-21(2,3)28-20(26)23-17-11-7-10-16(12-17)19(25)27-14-18(24)22-13-15-8-5-4-6-9-15/h4-12H,13-14H2,1-3H3,(H,22,24)(H,23,26). The molecule has 7 heteroatoms. The number of carbonyl (C=O) groups is 3. The number of hydrogen-bond acceptors (Lipinski definition) is 5. The maximum absolute atomic E-state index is 12.1. The van der Waals surface area contributed by atoms with Crippen LogP contribution >= 0.6 is 0 Å². The molecule has 0 aliphatic rings. The molecule has 2 aromatic rings. The number of nitrogens with one attached hydrogen (secondary N) is 2. The number of ether oxygens (including phenoxy) is 2. The van der Waals surface area contributed by atoms with Gasteiger partial charge in [0.05, 0.1) is 5.56 Å². The summed E-state index contributed by atoms with van der Waals surface area (Å²) in [6, 6.07) is 15.6. The fraction of sp³-hybridized carbons (Fsp3) is 0.286. The summed E-state index contributed by atoms with van der Waals surface area (Å²) < 4.78 is 10.2. The summed E-state index contributed by atoms with van der Waals surface area (Å²) in [5.74, 6) is -1.07. The zero-order valence-corrected chi connectivity index (χ0v) is 16.2. The van der Waals surface area contributed by atoms with Gasteiger partial charge >= 0.3 is 12.1 Å². The molecule has 0 radical (unpaired) electrons. The van der Waals surface area contributed by atoms with E-state index in [4.69, 9.17) is 9.47 Å². The molecule has 0 saturated carbocycles. The number of amides is 2. The average molecular weight is 384 g/mol. The molecule has 0 atom stereocenters. The van der Waals surface area contributed by atoms with Gasteiger partial charge in [-0.2, -0.15) is 0 Å². The third-order valence-corrected chi connectivity index (χ3v) is 3.41. The van der Waals surface area contributed by atoms with Crippen LogP contribution in [0.1, 0.15) is 36.7 Å². The number of anilines is 1. The molecular weight excluding hydrogens is 360 g/mol. The Hall–Kier alpha value is -3.35. The molecule has 2 amide bonds. The van der Waals surface area contributed by atoms with Gasteiger partial charge in [0.25, 0.3) is 5.91 Å². The van der Waals surface area contributed by atoms with Gasteiger partial charge in [0.1, 0.15) is 5.60 Å². The van der Waals surface area contributed by atoms with Crippen molar-refractivity contribution in [2.75, 3.05) is 11.9 Å². The number of esters is 1. The lowest BCUT2D eigenvalue weighted by Gasteiger charge is -2.19. The van der Waals surface area contributed by atoms with Gasteiger partial charge in [-0.1, -0.05) is 36.4 Å². The SMILES string of the molecule is CC(C)(C)OC(=O)Nc1cccc(C(=O)OCC(=O)NCc2ccccc2)c1. The van der Waals surface area contributed by atoms with Crippen LogP contribution in [0.25, 0.3) is 0 Å². The molecule has 0 heterocycles. The molecule has 0 aliphatic heterocycles. The van der Waals surface area contributed by atoms with Crippen LogP contribution < -0.4 is 10.6 Å². The van der Waals surface area contributed by atoms with Gasteiger partial charge in [0.2, 0.25) is 0 Å². The van der Waals surface area contributed by atoms with Crippen molar-refractivity contribution in [1.82, 2.24) is 5.32 Å². The molecule has 0 aromatic heterocycles. The second-order valence-corrected chi connectivity index (χ2v) is 7.05. The third-order valence-electron chi connectivity index (χ3n) is 3.41. The fourth-order valence-corrected chi connectivity index (χ4v) is 2.21. The van der Waals surface area contributed by atoms with Gasteiger partial charge in [-0.3, -0.25) is 10.1 Å². The van der Waals surface area contributed by atoms with Crippen molar-refractivity contribution in [3.05, 3.63) is 65.7 Å². The van der Waals surface area contributed by atoms with Crippen molar-refractivity contribution in [2.45, 2.75) is 32.9 Å². The number of rotatable bonds is 6. The van der Waals surface area contributed by atoms with Crippen LogP contribution in [0.5, 0.6) is 0 Å². The summed E-state index contributed by atoms with van der Waals surface area (Å²) in [6.07, 6.45) is -0.627. The van der Waals surface area contributed by atoms with Crippen molar-refractivity contribution in [1.29, 1.82) is 0 Å². The van der Waals surface area contributed by atoms with E-state index in [0.29, 0.717) is 12.2 Å². The lowest BCUT2D eigenvalue weighted by atomic mass is 10.2. The van der Waals surface area contributed by atoms with Crippen LogP contribution in [-0.2, 0) is 20.8 Å². The van der Waals surface area contributed by atoms with Gasteiger partial charge in [-0.05, 0) is 44.5 Å². The highest BCUT2D eigenvalue weighted by Gasteiger charge is 2.17. The van der Waals surface area contributed by atoms with E-state index in [1.807, 2.05) is 30.3 Å². The van der Waals surface area contributed by atoms with Crippen molar-refractivity contribution in [3.8, 4) is 0 Å². The minimum absolute atomic E-state index is 0.212. The largest absolute Gasteiger partial charge is 0.452 e.